The quantitative estimate of drug-likeness (QED) is 0.386. The topological polar surface area (TPSA) is 54.8 Å². The molecule has 0 aliphatic carbocycles. The van der Waals surface area contributed by atoms with E-state index in [1.807, 2.05) is 0 Å². The smallest absolute Gasteiger partial charge is 2.00 e. The maximum Gasteiger partial charge on any atom is 2.00 e. The molecule has 0 radical (unpaired) electrons. The molecular weight excluding hydrogens is 136 g/mol. The molecule has 0 saturated carbocycles. The van der Waals surface area contributed by atoms with Crippen LogP contribution in [0.2, 0.25) is 0 Å². The van der Waals surface area contributed by atoms with Crippen molar-refractivity contribution < 1.29 is 15.0 Å². The van der Waals surface area contributed by atoms with Gasteiger partial charge in [0.1, 0.15) is 0 Å². The van der Waals surface area contributed by atoms with Crippen LogP contribution in [-0.2, 0) is 15.0 Å². The molecule has 0 aromatic rings. The van der Waals surface area contributed by atoms with Crippen molar-refractivity contribution in [3.05, 3.63) is 0 Å². The van der Waals surface area contributed by atoms with Gasteiger partial charge in [-0.25, -0.2) is 0 Å². The maximum absolute atomic E-state index is 9.82. The van der Waals surface area contributed by atoms with E-state index in [2.05, 4.69) is 4.74 Å². The van der Waals surface area contributed by atoms with E-state index < -0.39 is 0 Å². The molecule has 0 spiro atoms. The third kappa shape index (κ3) is 15.9. The summed E-state index contributed by atoms with van der Waals surface area (Å²) in [5.41, 5.74) is 0. The van der Waals surface area contributed by atoms with Crippen LogP contribution in [0.15, 0.2) is 0 Å². The first kappa shape index (κ1) is 15.9. The van der Waals surface area contributed by atoms with Gasteiger partial charge in [0.25, 0.3) is 0 Å². The van der Waals surface area contributed by atoms with Gasteiger partial charge in [0.2, 0.25) is 0 Å². The third-order valence-electron chi connectivity index (χ3n) is 0.348. The van der Waals surface area contributed by atoms with Gasteiger partial charge in [0.15, 0.2) is 0 Å². The standard InChI is InChI=1S/C4H8O2.Ca.O/c1-3-6-4(2)5;;/h3H2,1-2H3;;/q;+2;-2. The second kappa shape index (κ2) is 10.6. The van der Waals surface area contributed by atoms with Crippen LogP contribution in [0, 0.1) is 0 Å². The average molecular weight is 144 g/mol. The maximum atomic E-state index is 9.82. The first-order valence-corrected chi connectivity index (χ1v) is 1.90. The number of hydrogen-bond donors (Lipinski definition) is 0. The van der Waals surface area contributed by atoms with E-state index in [4.69, 9.17) is 0 Å². The molecule has 3 nitrogen and oxygen atoms in total. The van der Waals surface area contributed by atoms with Crippen LogP contribution >= 0.6 is 0 Å². The van der Waals surface area contributed by atoms with Crippen LogP contribution in [0.5, 0.6) is 0 Å². The summed E-state index contributed by atoms with van der Waals surface area (Å²) in [7, 11) is 0. The molecule has 0 rings (SSSR count). The summed E-state index contributed by atoms with van der Waals surface area (Å²) in [5.74, 6) is -0.211. The summed E-state index contributed by atoms with van der Waals surface area (Å²) in [6, 6.07) is 0. The second-order valence-corrected chi connectivity index (χ2v) is 0.925. The predicted octanol–water partition coefficient (Wildman–Crippen LogP) is 0.0698. The molecule has 0 atom stereocenters. The predicted molar refractivity (Wildman–Crippen MR) is 28.7 cm³/mol. The molecule has 8 heavy (non-hydrogen) atoms. The Morgan fingerprint density at radius 1 is 1.62 bits per heavy atom. The van der Waals surface area contributed by atoms with Gasteiger partial charge in [-0.05, 0) is 6.92 Å². The summed E-state index contributed by atoms with van der Waals surface area (Å²) in [6.45, 7) is 3.65. The van der Waals surface area contributed by atoms with E-state index in [1.54, 1.807) is 6.92 Å². The number of carbonyl (C=O) groups excluding carboxylic acids is 1. The Bertz CT molecular complexity index is 55.2. The first-order chi connectivity index (χ1) is 2.77. The van der Waals surface area contributed by atoms with Gasteiger partial charge in [-0.1, -0.05) is 0 Å². The molecule has 0 fully saturated rings. The van der Waals surface area contributed by atoms with E-state index in [9.17, 15) is 4.79 Å². The second-order valence-electron chi connectivity index (χ2n) is 0.925. The number of carbonyl (C=O) groups is 1. The van der Waals surface area contributed by atoms with Crippen molar-refractivity contribution in [2.24, 2.45) is 0 Å². The zero-order chi connectivity index (χ0) is 4.99. The van der Waals surface area contributed by atoms with Crippen molar-refractivity contribution in [3.8, 4) is 0 Å². The fourth-order valence-electron chi connectivity index (χ4n) is 0.203. The first-order valence-electron chi connectivity index (χ1n) is 1.90. The zero-order valence-electron chi connectivity index (χ0n) is 5.14. The van der Waals surface area contributed by atoms with Crippen LogP contribution in [0.4, 0.5) is 0 Å². The molecule has 4 heteroatoms. The minimum atomic E-state index is -0.211. The number of rotatable bonds is 1. The van der Waals surface area contributed by atoms with Crippen LogP contribution in [0.1, 0.15) is 13.8 Å². The molecule has 0 aliphatic heterocycles. The summed E-state index contributed by atoms with van der Waals surface area (Å²) >= 11 is 0. The Kier molecular flexibility index (Phi) is 21.1. The van der Waals surface area contributed by atoms with E-state index in [1.165, 1.54) is 6.92 Å². The Labute approximate surface area is 78.7 Å². The third-order valence-corrected chi connectivity index (χ3v) is 0.348. The van der Waals surface area contributed by atoms with Crippen LogP contribution in [0.25, 0.3) is 0 Å². The molecule has 0 aliphatic rings. The molecule has 0 saturated heterocycles. The van der Waals surface area contributed by atoms with Crippen molar-refractivity contribution in [1.82, 2.24) is 0 Å². The minimum absolute atomic E-state index is 0. The van der Waals surface area contributed by atoms with Crippen molar-refractivity contribution in [3.63, 3.8) is 0 Å². The molecule has 0 bridgehead atoms. The summed E-state index contributed by atoms with van der Waals surface area (Å²) in [6.07, 6.45) is 0. The van der Waals surface area contributed by atoms with Gasteiger partial charge in [-0.2, -0.15) is 0 Å². The SMILES string of the molecule is CCOC(C)=O.[Ca+2].[O-2]. The van der Waals surface area contributed by atoms with E-state index in [0.717, 1.165) is 0 Å². The molecule has 44 valence electrons. The van der Waals surface area contributed by atoms with Gasteiger partial charge in [0, 0.05) is 6.92 Å². The van der Waals surface area contributed by atoms with Gasteiger partial charge in [-0.15, -0.1) is 0 Å². The number of ether oxygens (including phenoxy) is 1. The average Bonchev–Trinajstić information content (AvgIpc) is 1.35. The molecule has 0 aromatic heterocycles. The molecular formula is C4H8CaO3. The van der Waals surface area contributed by atoms with Crippen LogP contribution in [0.3, 0.4) is 0 Å². The molecule has 0 amide bonds. The Morgan fingerprint density at radius 2 is 2.00 bits per heavy atom. The Balaban J connectivity index is -0.000000125. The fourth-order valence-corrected chi connectivity index (χ4v) is 0.203. The Morgan fingerprint density at radius 3 is 2.00 bits per heavy atom. The van der Waals surface area contributed by atoms with E-state index in [0.29, 0.717) is 6.61 Å². The summed E-state index contributed by atoms with van der Waals surface area (Å²) in [5, 5.41) is 0. The number of esters is 1. The van der Waals surface area contributed by atoms with Crippen molar-refractivity contribution in [1.29, 1.82) is 0 Å². The van der Waals surface area contributed by atoms with Gasteiger partial charge in [-0.3, -0.25) is 4.79 Å². The molecule has 0 N–H and O–H groups in total. The monoisotopic (exact) mass is 144 g/mol. The van der Waals surface area contributed by atoms with Gasteiger partial charge >= 0.3 is 43.7 Å². The Hall–Kier alpha value is 0.690. The number of hydrogen-bond acceptors (Lipinski definition) is 2. The van der Waals surface area contributed by atoms with Crippen molar-refractivity contribution >= 4 is 43.7 Å². The van der Waals surface area contributed by atoms with E-state index in [-0.39, 0.29) is 49.2 Å². The zero-order valence-corrected chi connectivity index (χ0v) is 7.35. The van der Waals surface area contributed by atoms with Crippen molar-refractivity contribution in [2.45, 2.75) is 13.8 Å². The summed E-state index contributed by atoms with van der Waals surface area (Å²) in [4.78, 5) is 9.82. The largest absolute Gasteiger partial charge is 2.00 e. The minimum Gasteiger partial charge on any atom is -2.00 e. The fraction of sp³-hybridized carbons (Fsp3) is 0.750. The summed E-state index contributed by atoms with van der Waals surface area (Å²) < 4.78 is 4.40. The molecule has 0 unspecified atom stereocenters. The van der Waals surface area contributed by atoms with E-state index >= 15 is 0 Å². The van der Waals surface area contributed by atoms with Crippen molar-refractivity contribution in [2.75, 3.05) is 6.61 Å². The molecule has 0 heterocycles. The normalized spacial score (nSPS) is 5.75. The van der Waals surface area contributed by atoms with Gasteiger partial charge < -0.3 is 10.2 Å². The van der Waals surface area contributed by atoms with Crippen LogP contribution < -0.4 is 0 Å². The van der Waals surface area contributed by atoms with Gasteiger partial charge in [0.05, 0.1) is 6.61 Å². The molecule has 0 aromatic carbocycles. The van der Waals surface area contributed by atoms with Crippen LogP contribution in [-0.4, -0.2) is 50.3 Å².